The largest absolute Gasteiger partial charge is 0.462 e. The Morgan fingerprint density at radius 2 is 0.794 bits per heavy atom. The van der Waals surface area contributed by atoms with Gasteiger partial charge in [0.2, 0.25) is 5.91 Å². The quantitative estimate of drug-likeness (QED) is 0.0321. The van der Waals surface area contributed by atoms with E-state index in [0.29, 0.717) is 19.3 Å². The van der Waals surface area contributed by atoms with Crippen molar-refractivity contribution in [3.05, 3.63) is 24.3 Å². The summed E-state index contributed by atoms with van der Waals surface area (Å²) in [6.07, 6.45) is 59.6. The van der Waals surface area contributed by atoms with Gasteiger partial charge in [-0.25, -0.2) is 0 Å². The molecule has 0 saturated heterocycles. The second kappa shape index (κ2) is 51.3. The number of allylic oxidation sites excluding steroid dienone is 4. The van der Waals surface area contributed by atoms with Crippen LogP contribution in [-0.2, 0) is 14.3 Å². The molecule has 0 aliphatic rings. The van der Waals surface area contributed by atoms with Crippen LogP contribution in [0.4, 0.5) is 0 Å². The van der Waals surface area contributed by atoms with E-state index in [1.807, 2.05) is 0 Å². The molecule has 0 bridgehead atoms. The van der Waals surface area contributed by atoms with E-state index < -0.39 is 18.2 Å². The Balaban J connectivity index is 4.50. The number of hydrogen-bond acceptors (Lipinski definition) is 5. The van der Waals surface area contributed by atoms with Crippen molar-refractivity contribution in [3.8, 4) is 0 Å². The maximum absolute atomic E-state index is 13.2. The van der Waals surface area contributed by atoms with Gasteiger partial charge in [-0.05, 0) is 51.4 Å². The fourth-order valence-electron chi connectivity index (χ4n) is 8.78. The van der Waals surface area contributed by atoms with Gasteiger partial charge < -0.3 is 20.3 Å². The third kappa shape index (κ3) is 46.7. The number of unbranched alkanes of at least 4 members (excludes halogenated alkanes) is 36. The molecule has 3 atom stereocenters. The summed E-state index contributed by atoms with van der Waals surface area (Å²) in [5, 5.41) is 23.8. The SMILES string of the molecule is CCCCC/C=C/C=C/CCCCCCC(CC(=O)NC(CO)C(O)CCCCCCCCCCCCCCC)OC(=O)CCCCCCCCCCCCCCCCCCCC. The van der Waals surface area contributed by atoms with Crippen LogP contribution >= 0.6 is 0 Å². The normalized spacial score (nSPS) is 13.3. The predicted octanol–water partition coefficient (Wildman–Crippen LogP) is 17.1. The van der Waals surface area contributed by atoms with Crippen molar-refractivity contribution in [1.29, 1.82) is 0 Å². The maximum Gasteiger partial charge on any atom is 0.306 e. The molecule has 0 aromatic rings. The molecule has 0 aromatic heterocycles. The van der Waals surface area contributed by atoms with Crippen molar-refractivity contribution in [2.45, 2.75) is 322 Å². The topological polar surface area (TPSA) is 95.9 Å². The van der Waals surface area contributed by atoms with Gasteiger partial charge in [-0.2, -0.15) is 0 Å². The average Bonchev–Trinajstić information content (AvgIpc) is 3.28. The summed E-state index contributed by atoms with van der Waals surface area (Å²) in [5.74, 6) is -0.476. The Kier molecular flexibility index (Phi) is 50.0. The Morgan fingerprint density at radius 3 is 1.21 bits per heavy atom. The number of rotatable bonds is 51. The molecule has 6 heteroatoms. The number of hydrogen-bond donors (Lipinski definition) is 3. The third-order valence-corrected chi connectivity index (χ3v) is 13.1. The molecular formula is C57H109NO5. The zero-order valence-corrected chi connectivity index (χ0v) is 42.5. The lowest BCUT2D eigenvalue weighted by atomic mass is 10.0. The molecule has 3 unspecified atom stereocenters. The molecule has 3 N–H and O–H groups in total. The van der Waals surface area contributed by atoms with E-state index in [1.54, 1.807) is 0 Å². The summed E-state index contributed by atoms with van der Waals surface area (Å²) in [7, 11) is 0. The van der Waals surface area contributed by atoms with Crippen LogP contribution < -0.4 is 5.32 Å². The number of carbonyl (C=O) groups is 2. The highest BCUT2D eigenvalue weighted by molar-refractivity contribution is 5.77. The molecule has 1 amide bonds. The lowest BCUT2D eigenvalue weighted by Gasteiger charge is -2.24. The summed E-state index contributed by atoms with van der Waals surface area (Å²) in [6.45, 7) is 6.48. The third-order valence-electron chi connectivity index (χ3n) is 13.1. The monoisotopic (exact) mass is 888 g/mol. The zero-order chi connectivity index (χ0) is 45.9. The zero-order valence-electron chi connectivity index (χ0n) is 42.5. The summed E-state index contributed by atoms with van der Waals surface area (Å²) < 4.78 is 5.95. The van der Waals surface area contributed by atoms with Crippen molar-refractivity contribution >= 4 is 11.9 Å². The summed E-state index contributed by atoms with van der Waals surface area (Å²) in [4.78, 5) is 26.2. The average molecular weight is 889 g/mol. The van der Waals surface area contributed by atoms with Crippen LogP contribution in [0.25, 0.3) is 0 Å². The van der Waals surface area contributed by atoms with Crippen molar-refractivity contribution < 1.29 is 24.5 Å². The highest BCUT2D eigenvalue weighted by Gasteiger charge is 2.24. The first-order chi connectivity index (χ1) is 31.0. The summed E-state index contributed by atoms with van der Waals surface area (Å²) in [6, 6.07) is -0.704. The molecule has 372 valence electrons. The molecule has 63 heavy (non-hydrogen) atoms. The first-order valence-electron chi connectivity index (χ1n) is 28.1. The minimum absolute atomic E-state index is 0.0696. The molecule has 0 rings (SSSR count). The number of esters is 1. The fraction of sp³-hybridized carbons (Fsp3) is 0.895. The van der Waals surface area contributed by atoms with Gasteiger partial charge in [0.1, 0.15) is 6.10 Å². The van der Waals surface area contributed by atoms with Crippen LogP contribution in [0.1, 0.15) is 303 Å². The van der Waals surface area contributed by atoms with E-state index in [2.05, 4.69) is 50.4 Å². The van der Waals surface area contributed by atoms with Crippen molar-refractivity contribution in [2.24, 2.45) is 0 Å². The second-order valence-corrected chi connectivity index (χ2v) is 19.4. The fourth-order valence-corrected chi connectivity index (χ4v) is 8.78. The van der Waals surface area contributed by atoms with Crippen LogP contribution in [0.3, 0.4) is 0 Å². The van der Waals surface area contributed by atoms with Gasteiger partial charge in [0, 0.05) is 6.42 Å². The Hall–Kier alpha value is -1.66. The highest BCUT2D eigenvalue weighted by atomic mass is 16.5. The lowest BCUT2D eigenvalue weighted by Crippen LogP contribution is -2.46. The van der Waals surface area contributed by atoms with Gasteiger partial charge in [-0.3, -0.25) is 9.59 Å². The van der Waals surface area contributed by atoms with Crippen LogP contribution in [0.5, 0.6) is 0 Å². The Labute approximate surface area is 392 Å². The predicted molar refractivity (Wildman–Crippen MR) is 273 cm³/mol. The maximum atomic E-state index is 13.2. The van der Waals surface area contributed by atoms with Crippen LogP contribution in [0.2, 0.25) is 0 Å². The standard InChI is InChI=1S/C57H109NO5/c1-4-7-10-13-16-19-22-25-26-27-28-29-32-35-38-41-44-47-50-57(62)63-53(48-45-42-39-36-33-30-23-20-17-14-11-8-5-2)51-56(61)58-54(52-59)55(60)49-46-43-40-37-34-31-24-21-18-15-12-9-6-3/h17,20,23,30,53-55,59-60H,4-16,18-19,21-22,24-29,31-52H2,1-3H3,(H,58,61)/b20-17+,30-23+. The van der Waals surface area contributed by atoms with Gasteiger partial charge in [0.25, 0.3) is 0 Å². The molecule has 0 fully saturated rings. The summed E-state index contributed by atoms with van der Waals surface area (Å²) in [5.41, 5.74) is 0. The van der Waals surface area contributed by atoms with Gasteiger partial charge in [-0.1, -0.05) is 263 Å². The van der Waals surface area contributed by atoms with E-state index in [-0.39, 0.29) is 24.9 Å². The number of ether oxygens (including phenoxy) is 1. The van der Waals surface area contributed by atoms with Crippen LogP contribution in [0.15, 0.2) is 24.3 Å². The van der Waals surface area contributed by atoms with Gasteiger partial charge in [0.15, 0.2) is 0 Å². The minimum Gasteiger partial charge on any atom is -0.462 e. The number of carbonyl (C=O) groups excluding carboxylic acids is 2. The molecule has 0 aliphatic carbocycles. The Bertz CT molecular complexity index is 997. The van der Waals surface area contributed by atoms with Crippen molar-refractivity contribution in [1.82, 2.24) is 5.32 Å². The molecule has 0 spiro atoms. The number of amides is 1. The van der Waals surface area contributed by atoms with E-state index in [4.69, 9.17) is 4.74 Å². The van der Waals surface area contributed by atoms with E-state index in [9.17, 15) is 19.8 Å². The molecular weight excluding hydrogens is 779 g/mol. The first kappa shape index (κ1) is 61.3. The minimum atomic E-state index is -0.789. The number of aliphatic hydroxyl groups is 2. The molecule has 6 nitrogen and oxygen atoms in total. The molecule has 0 saturated carbocycles. The van der Waals surface area contributed by atoms with Gasteiger partial charge in [-0.15, -0.1) is 0 Å². The van der Waals surface area contributed by atoms with Crippen molar-refractivity contribution in [3.63, 3.8) is 0 Å². The van der Waals surface area contributed by atoms with Crippen LogP contribution in [-0.4, -0.2) is 46.9 Å². The molecule has 0 radical (unpaired) electrons. The first-order valence-corrected chi connectivity index (χ1v) is 28.1. The van der Waals surface area contributed by atoms with E-state index in [0.717, 1.165) is 70.6 Å². The highest BCUT2D eigenvalue weighted by Crippen LogP contribution is 2.19. The summed E-state index contributed by atoms with van der Waals surface area (Å²) >= 11 is 0. The molecule has 0 heterocycles. The van der Waals surface area contributed by atoms with E-state index in [1.165, 1.54) is 186 Å². The molecule has 0 aliphatic heterocycles. The smallest absolute Gasteiger partial charge is 0.306 e. The van der Waals surface area contributed by atoms with Gasteiger partial charge >= 0.3 is 5.97 Å². The van der Waals surface area contributed by atoms with E-state index >= 15 is 0 Å². The Morgan fingerprint density at radius 1 is 0.460 bits per heavy atom. The number of aliphatic hydroxyl groups excluding tert-OH is 2. The van der Waals surface area contributed by atoms with Gasteiger partial charge in [0.05, 0.1) is 25.2 Å². The molecule has 0 aromatic carbocycles. The second-order valence-electron chi connectivity index (χ2n) is 19.4. The number of nitrogens with one attached hydrogen (secondary N) is 1. The van der Waals surface area contributed by atoms with Crippen molar-refractivity contribution in [2.75, 3.05) is 6.61 Å². The lowest BCUT2D eigenvalue weighted by molar-refractivity contribution is -0.151. The van der Waals surface area contributed by atoms with Crippen LogP contribution in [0, 0.1) is 0 Å².